The number of alkyl halides is 3. The van der Waals surface area contributed by atoms with Crippen LogP contribution in [0, 0.1) is 12.7 Å². The van der Waals surface area contributed by atoms with Gasteiger partial charge in [0, 0.05) is 37.7 Å². The van der Waals surface area contributed by atoms with Crippen molar-refractivity contribution in [3.05, 3.63) is 51.6 Å². The highest BCUT2D eigenvalue weighted by Gasteiger charge is 2.38. The minimum absolute atomic E-state index is 0.0525. The van der Waals surface area contributed by atoms with Crippen LogP contribution in [0.5, 0.6) is 0 Å². The van der Waals surface area contributed by atoms with Gasteiger partial charge < -0.3 is 9.80 Å². The van der Waals surface area contributed by atoms with E-state index in [1.165, 1.54) is 13.8 Å². The predicted octanol–water partition coefficient (Wildman–Crippen LogP) is 4.19. The zero-order chi connectivity index (χ0) is 23.9. The van der Waals surface area contributed by atoms with Crippen LogP contribution in [-0.4, -0.2) is 51.4 Å². The number of likely N-dealkylation sites (tertiary alicyclic amines) is 1. The quantitative estimate of drug-likeness (QED) is 0.675. The van der Waals surface area contributed by atoms with Gasteiger partial charge in [0.1, 0.15) is 5.82 Å². The Morgan fingerprint density at radius 2 is 1.88 bits per heavy atom. The zero-order valence-electron chi connectivity index (χ0n) is 18.6. The molecule has 178 valence electrons. The molecule has 0 bridgehead atoms. The number of amides is 2. The van der Waals surface area contributed by atoms with Crippen LogP contribution < -0.4 is 0 Å². The molecule has 10 heteroatoms. The van der Waals surface area contributed by atoms with E-state index in [1.54, 1.807) is 9.80 Å². The van der Waals surface area contributed by atoms with E-state index < -0.39 is 23.5 Å². The first-order valence-electron chi connectivity index (χ1n) is 11.0. The molecule has 2 aliphatic heterocycles. The molecular formula is C23H26F4N4O2. The fourth-order valence-corrected chi connectivity index (χ4v) is 4.85. The maximum atomic E-state index is 14.8. The number of carbonyl (C=O) groups excluding carboxylic acids is 2. The Balaban J connectivity index is 1.53. The molecule has 1 unspecified atom stereocenters. The number of aromatic nitrogens is 2. The molecule has 1 N–H and O–H groups in total. The molecule has 0 saturated carbocycles. The normalized spacial score (nSPS) is 19.3. The van der Waals surface area contributed by atoms with E-state index >= 15 is 0 Å². The van der Waals surface area contributed by atoms with Gasteiger partial charge in [-0.2, -0.15) is 18.3 Å². The lowest BCUT2D eigenvalue weighted by Gasteiger charge is -2.26. The fourth-order valence-electron chi connectivity index (χ4n) is 4.85. The molecule has 1 aromatic heterocycles. The summed E-state index contributed by atoms with van der Waals surface area (Å²) in [7, 11) is 0. The van der Waals surface area contributed by atoms with Crippen molar-refractivity contribution in [2.75, 3.05) is 19.6 Å². The molecule has 33 heavy (non-hydrogen) atoms. The molecule has 0 aliphatic carbocycles. The number of H-pyrrole nitrogens is 1. The smallest absolute Gasteiger partial charge is 0.337 e. The molecule has 0 spiro atoms. The monoisotopic (exact) mass is 466 g/mol. The largest absolute Gasteiger partial charge is 0.416 e. The molecule has 1 aromatic carbocycles. The Labute approximate surface area is 188 Å². The molecule has 1 saturated heterocycles. The predicted molar refractivity (Wildman–Crippen MR) is 112 cm³/mol. The number of rotatable bonds is 2. The van der Waals surface area contributed by atoms with Gasteiger partial charge in [0.15, 0.2) is 5.69 Å². The first-order valence-corrected chi connectivity index (χ1v) is 11.0. The second-order valence-corrected chi connectivity index (χ2v) is 8.80. The van der Waals surface area contributed by atoms with Crippen molar-refractivity contribution in [2.45, 2.75) is 58.2 Å². The second kappa shape index (κ2) is 8.79. The van der Waals surface area contributed by atoms with E-state index in [1.807, 2.05) is 0 Å². The van der Waals surface area contributed by atoms with Gasteiger partial charge in [-0.25, -0.2) is 4.39 Å². The van der Waals surface area contributed by atoms with E-state index in [4.69, 9.17) is 0 Å². The van der Waals surface area contributed by atoms with E-state index in [9.17, 15) is 27.2 Å². The van der Waals surface area contributed by atoms with Crippen LogP contribution >= 0.6 is 0 Å². The molecular weight excluding hydrogens is 440 g/mol. The summed E-state index contributed by atoms with van der Waals surface area (Å²) >= 11 is 0. The van der Waals surface area contributed by atoms with Crippen LogP contribution in [0.2, 0.25) is 0 Å². The van der Waals surface area contributed by atoms with Crippen LogP contribution in [0.3, 0.4) is 0 Å². The molecule has 0 radical (unpaired) electrons. The lowest BCUT2D eigenvalue weighted by atomic mass is 9.86. The summed E-state index contributed by atoms with van der Waals surface area (Å²) in [6, 6.07) is 2.10. The van der Waals surface area contributed by atoms with Crippen LogP contribution in [0.25, 0.3) is 0 Å². The van der Waals surface area contributed by atoms with Crippen molar-refractivity contribution in [2.24, 2.45) is 0 Å². The lowest BCUT2D eigenvalue weighted by molar-refractivity contribution is -0.138. The fraction of sp³-hybridized carbons (Fsp3) is 0.522. The van der Waals surface area contributed by atoms with Gasteiger partial charge in [-0.05, 0) is 50.2 Å². The number of aryl methyl sites for hydroxylation is 1. The lowest BCUT2D eigenvalue weighted by Crippen LogP contribution is -2.36. The topological polar surface area (TPSA) is 69.3 Å². The minimum atomic E-state index is -4.65. The highest BCUT2D eigenvalue weighted by atomic mass is 19.4. The summed E-state index contributed by atoms with van der Waals surface area (Å²) in [5.41, 5.74) is 0.749. The first-order chi connectivity index (χ1) is 15.6. The van der Waals surface area contributed by atoms with Crippen LogP contribution in [0.4, 0.5) is 17.6 Å². The van der Waals surface area contributed by atoms with Gasteiger partial charge in [-0.15, -0.1) is 0 Å². The third-order valence-corrected chi connectivity index (χ3v) is 6.68. The number of fused-ring (bicyclic) bond motifs is 1. The zero-order valence-corrected chi connectivity index (χ0v) is 18.6. The van der Waals surface area contributed by atoms with Gasteiger partial charge in [-0.1, -0.05) is 6.07 Å². The SMILES string of the molecule is CC(=O)N1CCc2c(C(=O)N3CCCC(c4c(C(F)(F)F)ccc(C)c4F)CC3)n[nH]c2C1. The number of hydrogen-bond acceptors (Lipinski definition) is 3. The van der Waals surface area contributed by atoms with Gasteiger partial charge in [0.2, 0.25) is 5.91 Å². The molecule has 3 heterocycles. The third kappa shape index (κ3) is 4.47. The van der Waals surface area contributed by atoms with Gasteiger partial charge in [-0.3, -0.25) is 14.7 Å². The maximum Gasteiger partial charge on any atom is 0.416 e. The van der Waals surface area contributed by atoms with Crippen molar-refractivity contribution in [1.82, 2.24) is 20.0 Å². The Bertz CT molecular complexity index is 1080. The average Bonchev–Trinajstić information content (AvgIpc) is 3.03. The summed E-state index contributed by atoms with van der Waals surface area (Å²) in [6.45, 7) is 4.39. The van der Waals surface area contributed by atoms with E-state index in [0.29, 0.717) is 44.6 Å². The standard InChI is InChI=1S/C23H26F4N4O2/c1-13-5-6-17(23(25,26)27)19(20(13)24)15-4-3-9-30(10-7-15)22(33)21-16-8-11-31(14(2)32)12-18(16)28-29-21/h5-6,15H,3-4,7-12H2,1-2H3,(H,28,29). The summed E-state index contributed by atoms with van der Waals surface area (Å²) in [4.78, 5) is 28.1. The van der Waals surface area contributed by atoms with Gasteiger partial charge in [0.25, 0.3) is 5.91 Å². The van der Waals surface area contributed by atoms with Crippen molar-refractivity contribution in [3.8, 4) is 0 Å². The number of hydrogen-bond donors (Lipinski definition) is 1. The molecule has 2 aromatic rings. The van der Waals surface area contributed by atoms with Gasteiger partial charge >= 0.3 is 6.18 Å². The van der Waals surface area contributed by atoms with E-state index in [0.717, 1.165) is 23.4 Å². The Morgan fingerprint density at radius 3 is 2.58 bits per heavy atom. The van der Waals surface area contributed by atoms with E-state index in [2.05, 4.69) is 10.2 Å². The molecule has 2 aliphatic rings. The number of halogens is 4. The van der Waals surface area contributed by atoms with Crippen LogP contribution in [-0.2, 0) is 23.9 Å². The highest BCUT2D eigenvalue weighted by molar-refractivity contribution is 5.94. The second-order valence-electron chi connectivity index (χ2n) is 8.80. The van der Waals surface area contributed by atoms with Crippen molar-refractivity contribution in [1.29, 1.82) is 0 Å². The molecule has 1 atom stereocenters. The molecule has 6 nitrogen and oxygen atoms in total. The van der Waals surface area contributed by atoms with Crippen molar-refractivity contribution >= 4 is 11.8 Å². The Hall–Kier alpha value is -2.91. The number of aromatic amines is 1. The number of benzene rings is 1. The van der Waals surface area contributed by atoms with Crippen molar-refractivity contribution < 1.29 is 27.2 Å². The number of nitrogens with one attached hydrogen (secondary N) is 1. The van der Waals surface area contributed by atoms with Crippen molar-refractivity contribution in [3.63, 3.8) is 0 Å². The van der Waals surface area contributed by atoms with Crippen LogP contribution in [0.1, 0.15) is 70.5 Å². The number of nitrogens with zero attached hydrogens (tertiary/aromatic N) is 3. The summed E-state index contributed by atoms with van der Waals surface area (Å²) in [5, 5.41) is 7.04. The summed E-state index contributed by atoms with van der Waals surface area (Å²) < 4.78 is 55.6. The average molecular weight is 466 g/mol. The Kier molecular flexibility index (Phi) is 6.20. The number of carbonyl (C=O) groups is 2. The molecule has 1 fully saturated rings. The summed E-state index contributed by atoms with van der Waals surface area (Å²) in [6.07, 6.45) is -3.08. The minimum Gasteiger partial charge on any atom is -0.337 e. The molecule has 4 rings (SSSR count). The Morgan fingerprint density at radius 1 is 1.12 bits per heavy atom. The first kappa shape index (κ1) is 23.3. The van der Waals surface area contributed by atoms with Gasteiger partial charge in [0.05, 0.1) is 17.8 Å². The highest BCUT2D eigenvalue weighted by Crippen LogP contribution is 2.41. The molecule has 2 amide bonds. The maximum absolute atomic E-state index is 14.8. The third-order valence-electron chi connectivity index (χ3n) is 6.68. The van der Waals surface area contributed by atoms with E-state index in [-0.39, 0.29) is 35.9 Å². The summed E-state index contributed by atoms with van der Waals surface area (Å²) in [5.74, 6) is -1.78. The van der Waals surface area contributed by atoms with Crippen LogP contribution in [0.15, 0.2) is 12.1 Å².